The summed E-state index contributed by atoms with van der Waals surface area (Å²) in [4.78, 5) is 0. The van der Waals surface area contributed by atoms with Crippen molar-refractivity contribution in [3.63, 3.8) is 0 Å². The molecule has 0 bridgehead atoms. The molecule has 0 amide bonds. The van der Waals surface area contributed by atoms with E-state index in [2.05, 4.69) is 0 Å². The van der Waals surface area contributed by atoms with Gasteiger partial charge in [0, 0.05) is 13.1 Å². The Hall–Kier alpha value is -0.180. The Kier molecular flexibility index (Phi) is 3.75. The predicted molar refractivity (Wildman–Crippen MR) is 55.7 cm³/mol. The van der Waals surface area contributed by atoms with Crippen LogP contribution in [0.2, 0.25) is 0 Å². The van der Waals surface area contributed by atoms with E-state index in [1.165, 1.54) is 7.05 Å². The second-order valence-electron chi connectivity index (χ2n) is 3.61. The Balaban J connectivity index is 2.75. The van der Waals surface area contributed by atoms with Gasteiger partial charge in [0.2, 0.25) is 10.0 Å². The van der Waals surface area contributed by atoms with Crippen molar-refractivity contribution in [1.82, 2.24) is 4.31 Å². The number of sulfone groups is 1. The zero-order valence-corrected chi connectivity index (χ0v) is 10.1. The van der Waals surface area contributed by atoms with Gasteiger partial charge in [-0.25, -0.2) is 21.1 Å². The standard InChI is InChI=1S/C7H15NO5S2/c1-8(15(12,13)5-3-9)7-2-4-14(10,11)6-7/h7,9H,2-6H2,1H3. The van der Waals surface area contributed by atoms with E-state index >= 15 is 0 Å². The maximum absolute atomic E-state index is 11.5. The molecule has 1 atom stereocenters. The molecule has 0 aromatic heterocycles. The second kappa shape index (κ2) is 4.36. The first-order valence-electron chi connectivity index (χ1n) is 4.55. The highest BCUT2D eigenvalue weighted by molar-refractivity contribution is 7.92. The van der Waals surface area contributed by atoms with Gasteiger partial charge in [-0.15, -0.1) is 0 Å². The van der Waals surface area contributed by atoms with Gasteiger partial charge < -0.3 is 5.11 Å². The van der Waals surface area contributed by atoms with Crippen molar-refractivity contribution in [1.29, 1.82) is 0 Å². The van der Waals surface area contributed by atoms with E-state index < -0.39 is 32.5 Å². The van der Waals surface area contributed by atoms with Gasteiger partial charge in [-0.3, -0.25) is 0 Å². The maximum Gasteiger partial charge on any atom is 0.216 e. The largest absolute Gasteiger partial charge is 0.395 e. The minimum absolute atomic E-state index is 0.0383. The Morgan fingerprint density at radius 3 is 2.47 bits per heavy atom. The average molecular weight is 257 g/mol. The maximum atomic E-state index is 11.5. The van der Waals surface area contributed by atoms with E-state index in [4.69, 9.17) is 5.11 Å². The first kappa shape index (κ1) is 12.9. The zero-order valence-electron chi connectivity index (χ0n) is 8.46. The van der Waals surface area contributed by atoms with E-state index in [1.807, 2.05) is 0 Å². The number of sulfonamides is 1. The molecule has 90 valence electrons. The monoisotopic (exact) mass is 257 g/mol. The molecular weight excluding hydrogens is 242 g/mol. The van der Waals surface area contributed by atoms with Gasteiger partial charge in [-0.1, -0.05) is 0 Å². The van der Waals surface area contributed by atoms with Crippen LogP contribution in [0.4, 0.5) is 0 Å². The van der Waals surface area contributed by atoms with Crippen LogP contribution in [0.25, 0.3) is 0 Å². The molecule has 8 heteroatoms. The van der Waals surface area contributed by atoms with Crippen molar-refractivity contribution < 1.29 is 21.9 Å². The average Bonchev–Trinajstić information content (AvgIpc) is 2.44. The van der Waals surface area contributed by atoms with Gasteiger partial charge in [0.25, 0.3) is 0 Å². The minimum atomic E-state index is -3.53. The zero-order chi connectivity index (χ0) is 11.7. The molecule has 15 heavy (non-hydrogen) atoms. The number of hydrogen-bond donors (Lipinski definition) is 1. The van der Waals surface area contributed by atoms with Crippen LogP contribution in [-0.4, -0.2) is 63.2 Å². The molecule has 0 saturated carbocycles. The van der Waals surface area contributed by atoms with Crippen molar-refractivity contribution in [3.8, 4) is 0 Å². The fourth-order valence-electron chi connectivity index (χ4n) is 1.55. The quantitative estimate of drug-likeness (QED) is 0.657. The molecule has 0 aromatic carbocycles. The second-order valence-corrected chi connectivity index (χ2v) is 7.99. The molecule has 1 aliphatic heterocycles. The van der Waals surface area contributed by atoms with E-state index in [0.717, 1.165) is 4.31 Å². The number of aliphatic hydroxyl groups excluding tert-OH is 1. The molecule has 1 N–H and O–H groups in total. The summed E-state index contributed by atoms with van der Waals surface area (Å²) in [6, 6.07) is -0.480. The summed E-state index contributed by atoms with van der Waals surface area (Å²) in [6.45, 7) is -0.452. The van der Waals surface area contributed by atoms with Crippen LogP contribution >= 0.6 is 0 Å². The van der Waals surface area contributed by atoms with Crippen LogP contribution < -0.4 is 0 Å². The van der Waals surface area contributed by atoms with Crippen LogP contribution in [0.5, 0.6) is 0 Å². The fraction of sp³-hybridized carbons (Fsp3) is 1.00. The van der Waals surface area contributed by atoms with Crippen LogP contribution in [0.3, 0.4) is 0 Å². The van der Waals surface area contributed by atoms with Crippen LogP contribution in [-0.2, 0) is 19.9 Å². The molecular formula is C7H15NO5S2. The van der Waals surface area contributed by atoms with Crippen molar-refractivity contribution >= 4 is 19.9 Å². The molecule has 1 saturated heterocycles. The normalized spacial score (nSPS) is 25.9. The van der Waals surface area contributed by atoms with E-state index in [0.29, 0.717) is 6.42 Å². The Bertz CT molecular complexity index is 413. The van der Waals surface area contributed by atoms with Crippen molar-refractivity contribution in [2.45, 2.75) is 12.5 Å². The minimum Gasteiger partial charge on any atom is -0.395 e. The fourth-order valence-corrected chi connectivity index (χ4v) is 4.57. The van der Waals surface area contributed by atoms with Gasteiger partial charge in [0.1, 0.15) is 0 Å². The van der Waals surface area contributed by atoms with E-state index in [9.17, 15) is 16.8 Å². The topological polar surface area (TPSA) is 91.8 Å². The third-order valence-corrected chi connectivity index (χ3v) is 6.14. The molecule has 1 unspecified atom stereocenters. The third kappa shape index (κ3) is 3.13. The van der Waals surface area contributed by atoms with Crippen LogP contribution in [0.15, 0.2) is 0 Å². The highest BCUT2D eigenvalue weighted by Crippen LogP contribution is 2.18. The molecule has 1 rings (SSSR count). The molecule has 0 spiro atoms. The highest BCUT2D eigenvalue weighted by atomic mass is 32.2. The van der Waals surface area contributed by atoms with E-state index in [1.54, 1.807) is 0 Å². The van der Waals surface area contributed by atoms with Crippen LogP contribution in [0, 0.1) is 0 Å². The van der Waals surface area contributed by atoms with Gasteiger partial charge in [-0.05, 0) is 6.42 Å². The molecule has 0 aromatic rings. The first-order valence-corrected chi connectivity index (χ1v) is 7.98. The van der Waals surface area contributed by atoms with Gasteiger partial charge in [-0.2, -0.15) is 0 Å². The predicted octanol–water partition coefficient (Wildman–Crippen LogP) is -1.57. The van der Waals surface area contributed by atoms with Crippen molar-refractivity contribution in [2.24, 2.45) is 0 Å². The summed E-state index contributed by atoms with van der Waals surface area (Å²) >= 11 is 0. The summed E-state index contributed by atoms with van der Waals surface area (Å²) in [5.74, 6) is -0.440. The van der Waals surface area contributed by atoms with Crippen molar-refractivity contribution in [2.75, 3.05) is 30.9 Å². The Morgan fingerprint density at radius 1 is 1.47 bits per heavy atom. The number of rotatable bonds is 4. The molecule has 1 aliphatic rings. The molecule has 0 radical (unpaired) electrons. The third-order valence-electron chi connectivity index (χ3n) is 2.51. The molecule has 0 aliphatic carbocycles. The first-order chi connectivity index (χ1) is 6.78. The lowest BCUT2D eigenvalue weighted by atomic mass is 10.3. The molecule has 6 nitrogen and oxygen atoms in total. The smallest absolute Gasteiger partial charge is 0.216 e. The number of nitrogens with zero attached hydrogens (tertiary/aromatic N) is 1. The highest BCUT2D eigenvalue weighted by Gasteiger charge is 2.35. The van der Waals surface area contributed by atoms with E-state index in [-0.39, 0.29) is 17.3 Å². The molecule has 1 heterocycles. The lowest BCUT2D eigenvalue weighted by Crippen LogP contribution is -2.39. The van der Waals surface area contributed by atoms with Gasteiger partial charge in [0.05, 0.1) is 23.9 Å². The summed E-state index contributed by atoms with van der Waals surface area (Å²) in [5.41, 5.74) is 0. The summed E-state index contributed by atoms with van der Waals surface area (Å²) in [6.07, 6.45) is 0.337. The number of hydrogen-bond acceptors (Lipinski definition) is 5. The molecule has 1 fully saturated rings. The SMILES string of the molecule is CN(C1CCS(=O)(=O)C1)S(=O)(=O)CCO. The summed E-state index contributed by atoms with van der Waals surface area (Å²) < 4.78 is 46.4. The summed E-state index contributed by atoms with van der Waals surface area (Å²) in [7, 11) is -5.25. The summed E-state index contributed by atoms with van der Waals surface area (Å²) in [5, 5.41) is 8.57. The van der Waals surface area contributed by atoms with Gasteiger partial charge >= 0.3 is 0 Å². The number of aliphatic hydroxyl groups is 1. The van der Waals surface area contributed by atoms with Crippen molar-refractivity contribution in [3.05, 3.63) is 0 Å². The lowest BCUT2D eigenvalue weighted by molar-refractivity contribution is 0.313. The Morgan fingerprint density at radius 2 is 2.07 bits per heavy atom. The Labute approximate surface area is 89.9 Å². The van der Waals surface area contributed by atoms with Gasteiger partial charge in [0.15, 0.2) is 9.84 Å². The van der Waals surface area contributed by atoms with Crippen LogP contribution in [0.1, 0.15) is 6.42 Å². The lowest BCUT2D eigenvalue weighted by Gasteiger charge is -2.22.